The van der Waals surface area contributed by atoms with Gasteiger partial charge in [-0.05, 0) is 63.1 Å². The fraction of sp³-hybridized carbons (Fsp3) is 0.750. The number of fused-ring (bicyclic) bond motifs is 1. The fourth-order valence-corrected chi connectivity index (χ4v) is 7.02. The predicted molar refractivity (Wildman–Crippen MR) is 136 cm³/mol. The monoisotopic (exact) mass is 577 g/mol. The Hall–Kier alpha value is -2.21. The van der Waals surface area contributed by atoms with Gasteiger partial charge >= 0.3 is 18.4 Å². The van der Waals surface area contributed by atoms with Crippen LogP contribution in [-0.2, 0) is 22.2 Å². The van der Waals surface area contributed by atoms with Gasteiger partial charge in [-0.25, -0.2) is 4.79 Å². The fourth-order valence-electron chi connectivity index (χ4n) is 7.02. The van der Waals surface area contributed by atoms with Crippen LogP contribution in [0.1, 0.15) is 51.2 Å². The normalized spacial score (nSPS) is 27.3. The van der Waals surface area contributed by atoms with Gasteiger partial charge < -0.3 is 19.3 Å². The standard InChI is InChI=1S/C28H37F6N3O3/c1-18(27(29,30)31)40-24(38)35-8-6-26(7-9-35)16-25(2,3)37(17-26)13-19-4-5-22(28(32,33)34)10-23(19)36-11-20-14-39-15-21(20)12-36/h4-5,10,18,20-21H,6-9,11-17H2,1-3H3. The molecule has 0 bridgehead atoms. The summed E-state index contributed by atoms with van der Waals surface area (Å²) in [5, 5.41) is 0. The van der Waals surface area contributed by atoms with E-state index in [9.17, 15) is 31.1 Å². The lowest BCUT2D eigenvalue weighted by Gasteiger charge is -2.39. The minimum absolute atomic E-state index is 0.135. The van der Waals surface area contributed by atoms with Crippen molar-refractivity contribution in [3.8, 4) is 0 Å². The Balaban J connectivity index is 1.29. The highest BCUT2D eigenvalue weighted by Gasteiger charge is 2.50. The number of alkyl halides is 6. The van der Waals surface area contributed by atoms with E-state index in [1.54, 1.807) is 6.07 Å². The van der Waals surface area contributed by atoms with Crippen LogP contribution in [0.4, 0.5) is 36.8 Å². The van der Waals surface area contributed by atoms with Crippen LogP contribution in [0.3, 0.4) is 0 Å². The summed E-state index contributed by atoms with van der Waals surface area (Å²) in [4.78, 5) is 18.0. The molecule has 4 fully saturated rings. The zero-order valence-electron chi connectivity index (χ0n) is 23.1. The first kappa shape index (κ1) is 29.3. The first-order valence-electron chi connectivity index (χ1n) is 13.9. The highest BCUT2D eigenvalue weighted by atomic mass is 19.4. The molecule has 3 atom stereocenters. The van der Waals surface area contributed by atoms with Crippen LogP contribution < -0.4 is 4.90 Å². The van der Waals surface area contributed by atoms with Crippen LogP contribution >= 0.6 is 0 Å². The van der Waals surface area contributed by atoms with Crippen LogP contribution in [0.5, 0.6) is 0 Å². The van der Waals surface area contributed by atoms with Gasteiger partial charge in [0.1, 0.15) is 0 Å². The van der Waals surface area contributed by atoms with Crippen molar-refractivity contribution < 1.29 is 40.6 Å². The molecule has 0 saturated carbocycles. The number of ether oxygens (including phenoxy) is 2. The second-order valence-corrected chi connectivity index (χ2v) is 12.7. The molecule has 12 heteroatoms. The molecule has 0 aromatic heterocycles. The molecule has 1 spiro atoms. The van der Waals surface area contributed by atoms with Crippen molar-refractivity contribution in [2.75, 3.05) is 50.8 Å². The Morgan fingerprint density at radius 2 is 1.70 bits per heavy atom. The van der Waals surface area contributed by atoms with Crippen LogP contribution in [-0.4, -0.2) is 79.6 Å². The van der Waals surface area contributed by atoms with E-state index in [2.05, 4.69) is 28.4 Å². The van der Waals surface area contributed by atoms with Crippen LogP contribution in [0, 0.1) is 17.3 Å². The van der Waals surface area contributed by atoms with E-state index >= 15 is 0 Å². The van der Waals surface area contributed by atoms with Crippen molar-refractivity contribution in [2.45, 2.75) is 70.6 Å². The minimum atomic E-state index is -4.61. The Kier molecular flexibility index (Phi) is 7.51. The number of carbonyl (C=O) groups excluding carboxylic acids is 1. The van der Waals surface area contributed by atoms with Gasteiger partial charge in [0.2, 0.25) is 0 Å². The lowest BCUT2D eigenvalue weighted by molar-refractivity contribution is -0.200. The molecule has 0 aliphatic carbocycles. The predicted octanol–water partition coefficient (Wildman–Crippen LogP) is 5.94. The molecular weight excluding hydrogens is 540 g/mol. The van der Waals surface area contributed by atoms with E-state index in [1.165, 1.54) is 11.0 Å². The summed E-state index contributed by atoms with van der Waals surface area (Å²) in [6.07, 6.45) is -10.1. The SMILES string of the molecule is CC(OC(=O)N1CCC2(CC1)CN(Cc1ccc(C(F)(F)F)cc1N1CC3COCC3C1)C(C)(C)C2)C(F)(F)F. The first-order valence-corrected chi connectivity index (χ1v) is 13.9. The molecule has 224 valence electrons. The summed E-state index contributed by atoms with van der Waals surface area (Å²) in [6.45, 7) is 9.46. The lowest BCUT2D eigenvalue weighted by Crippen LogP contribution is -2.46. The molecule has 4 heterocycles. The largest absolute Gasteiger partial charge is 0.437 e. The van der Waals surface area contributed by atoms with Gasteiger partial charge in [-0.2, -0.15) is 26.3 Å². The highest BCUT2D eigenvalue weighted by Crippen LogP contribution is 2.49. The van der Waals surface area contributed by atoms with Crippen molar-refractivity contribution in [3.63, 3.8) is 0 Å². The molecule has 3 unspecified atom stereocenters. The number of benzene rings is 1. The summed E-state index contributed by atoms with van der Waals surface area (Å²) in [7, 11) is 0. The quantitative estimate of drug-likeness (QED) is 0.415. The van der Waals surface area contributed by atoms with Gasteiger partial charge in [0, 0.05) is 62.3 Å². The molecule has 0 radical (unpaired) electrons. The number of likely N-dealkylation sites (tertiary alicyclic amines) is 2. The van der Waals surface area contributed by atoms with E-state index < -0.39 is 30.1 Å². The molecule has 0 N–H and O–H groups in total. The first-order chi connectivity index (χ1) is 18.6. The van der Waals surface area contributed by atoms with Gasteiger partial charge in [-0.1, -0.05) is 6.07 Å². The van der Waals surface area contributed by atoms with Gasteiger partial charge in [0.25, 0.3) is 0 Å². The third-order valence-corrected chi connectivity index (χ3v) is 9.37. The van der Waals surface area contributed by atoms with Crippen LogP contribution in [0.25, 0.3) is 0 Å². The third kappa shape index (κ3) is 5.89. The van der Waals surface area contributed by atoms with E-state index in [4.69, 9.17) is 4.74 Å². The van der Waals surface area contributed by atoms with Crippen molar-refractivity contribution in [1.82, 2.24) is 9.80 Å². The van der Waals surface area contributed by atoms with Crippen molar-refractivity contribution >= 4 is 11.8 Å². The zero-order chi connectivity index (χ0) is 29.1. The molecule has 1 amide bonds. The topological polar surface area (TPSA) is 45.2 Å². The summed E-state index contributed by atoms with van der Waals surface area (Å²) in [6, 6.07) is 4.04. The maximum Gasteiger partial charge on any atom is 0.425 e. The number of carbonyl (C=O) groups is 1. The van der Waals surface area contributed by atoms with Crippen LogP contribution in [0.2, 0.25) is 0 Å². The summed E-state index contributed by atoms with van der Waals surface area (Å²) in [5.74, 6) is 0.648. The van der Waals surface area contributed by atoms with Crippen molar-refractivity contribution in [2.24, 2.45) is 17.3 Å². The molecular formula is C28H37F6N3O3. The third-order valence-electron chi connectivity index (χ3n) is 9.37. The van der Waals surface area contributed by atoms with Gasteiger partial charge in [0.15, 0.2) is 6.10 Å². The number of anilines is 1. The van der Waals surface area contributed by atoms with E-state index in [-0.39, 0.29) is 11.0 Å². The van der Waals surface area contributed by atoms with E-state index in [1.807, 2.05) is 0 Å². The number of rotatable bonds is 4. The Labute approximate surface area is 230 Å². The Morgan fingerprint density at radius 1 is 1.07 bits per heavy atom. The summed E-state index contributed by atoms with van der Waals surface area (Å²) in [5.41, 5.74) is 0.432. The highest BCUT2D eigenvalue weighted by molar-refractivity contribution is 5.68. The average Bonchev–Trinajstić information content (AvgIpc) is 3.51. The molecule has 1 aromatic carbocycles. The molecule has 6 nitrogen and oxygen atoms in total. The lowest BCUT2D eigenvalue weighted by atomic mass is 9.74. The van der Waals surface area contributed by atoms with E-state index in [0.29, 0.717) is 82.8 Å². The molecule has 4 aliphatic heterocycles. The second-order valence-electron chi connectivity index (χ2n) is 12.7. The average molecular weight is 578 g/mol. The summed E-state index contributed by atoms with van der Waals surface area (Å²) < 4.78 is 89.6. The van der Waals surface area contributed by atoms with Gasteiger partial charge in [0.05, 0.1) is 18.8 Å². The van der Waals surface area contributed by atoms with E-state index in [0.717, 1.165) is 25.0 Å². The second kappa shape index (κ2) is 10.3. The molecule has 4 saturated heterocycles. The van der Waals surface area contributed by atoms with Gasteiger partial charge in [-0.15, -0.1) is 0 Å². The Bertz CT molecular complexity index is 1090. The van der Waals surface area contributed by atoms with Crippen molar-refractivity contribution in [1.29, 1.82) is 0 Å². The molecule has 5 rings (SSSR count). The van der Waals surface area contributed by atoms with Crippen LogP contribution in [0.15, 0.2) is 18.2 Å². The van der Waals surface area contributed by atoms with Crippen molar-refractivity contribution in [3.05, 3.63) is 29.3 Å². The molecule has 1 aromatic rings. The number of nitrogens with zero attached hydrogens (tertiary/aromatic N) is 3. The number of amides is 1. The molecule has 40 heavy (non-hydrogen) atoms. The number of hydrogen-bond acceptors (Lipinski definition) is 5. The number of piperidine rings is 1. The maximum absolute atomic E-state index is 13.7. The summed E-state index contributed by atoms with van der Waals surface area (Å²) >= 11 is 0. The molecule has 4 aliphatic rings. The number of hydrogen-bond donors (Lipinski definition) is 0. The maximum atomic E-state index is 13.7. The smallest absolute Gasteiger partial charge is 0.425 e. The zero-order valence-corrected chi connectivity index (χ0v) is 23.1. The minimum Gasteiger partial charge on any atom is -0.437 e. The van der Waals surface area contributed by atoms with Gasteiger partial charge in [-0.3, -0.25) is 4.90 Å². The Morgan fingerprint density at radius 3 is 2.27 bits per heavy atom. The number of halogens is 6.